The van der Waals surface area contributed by atoms with Crippen molar-refractivity contribution >= 4 is 46.5 Å². The Morgan fingerprint density at radius 2 is 2.00 bits per heavy atom. The molecule has 6 rings (SSSR count). The molecule has 3 saturated heterocycles. The third kappa shape index (κ3) is 5.94. The molecule has 3 aliphatic heterocycles. The van der Waals surface area contributed by atoms with Crippen LogP contribution in [0.2, 0.25) is 5.02 Å². The van der Waals surface area contributed by atoms with E-state index in [0.717, 1.165) is 49.9 Å². The molecule has 3 fully saturated rings. The van der Waals surface area contributed by atoms with Crippen molar-refractivity contribution in [2.24, 2.45) is 5.92 Å². The van der Waals surface area contributed by atoms with Crippen LogP contribution in [0.3, 0.4) is 0 Å². The Hall–Kier alpha value is -4.21. The van der Waals surface area contributed by atoms with Crippen LogP contribution in [0.1, 0.15) is 66.7 Å². The molecule has 5 heterocycles. The van der Waals surface area contributed by atoms with Crippen LogP contribution in [0.25, 0.3) is 5.65 Å². The van der Waals surface area contributed by atoms with Crippen molar-refractivity contribution in [3.63, 3.8) is 0 Å². The van der Waals surface area contributed by atoms with Crippen LogP contribution < -0.4 is 15.5 Å². The third-order valence-corrected chi connectivity index (χ3v) is 8.83. The lowest BCUT2D eigenvalue weighted by molar-refractivity contribution is -0.151. The molecule has 2 N–H and O–H groups in total. The Morgan fingerprint density at radius 1 is 1.16 bits per heavy atom. The molecular formula is C31H35ClN8O4. The van der Waals surface area contributed by atoms with E-state index in [0.29, 0.717) is 47.4 Å². The highest BCUT2D eigenvalue weighted by molar-refractivity contribution is 6.31. The highest BCUT2D eigenvalue weighted by Gasteiger charge is 2.39. The molecule has 3 aromatic rings. The van der Waals surface area contributed by atoms with Crippen molar-refractivity contribution in [3.05, 3.63) is 52.3 Å². The van der Waals surface area contributed by atoms with Gasteiger partial charge in [-0.25, -0.2) is 9.50 Å². The number of ether oxygens (including phenoxy) is 1. The van der Waals surface area contributed by atoms with Gasteiger partial charge in [0.2, 0.25) is 5.91 Å². The van der Waals surface area contributed by atoms with Gasteiger partial charge in [0.25, 0.3) is 5.91 Å². The molecule has 13 heteroatoms. The zero-order valence-electron chi connectivity index (χ0n) is 24.8. The maximum Gasteiger partial charge on any atom is 0.323 e. The minimum Gasteiger partial charge on any atom is -0.458 e. The van der Waals surface area contributed by atoms with E-state index in [1.165, 1.54) is 6.92 Å². The van der Waals surface area contributed by atoms with E-state index < -0.39 is 12.0 Å². The maximum absolute atomic E-state index is 13.9. The Balaban J connectivity index is 1.25. The predicted molar refractivity (Wildman–Crippen MR) is 163 cm³/mol. The van der Waals surface area contributed by atoms with Crippen molar-refractivity contribution in [2.75, 3.05) is 36.4 Å². The molecule has 2 aromatic heterocycles. The lowest BCUT2D eigenvalue weighted by Gasteiger charge is -2.35. The molecule has 230 valence electrons. The number of carbonyl (C=O) groups is 3. The number of esters is 1. The van der Waals surface area contributed by atoms with E-state index in [4.69, 9.17) is 26.4 Å². The number of amides is 2. The molecule has 0 bridgehead atoms. The summed E-state index contributed by atoms with van der Waals surface area (Å²) in [6.07, 6.45) is 5.55. The molecule has 12 nitrogen and oxygen atoms in total. The summed E-state index contributed by atoms with van der Waals surface area (Å²) in [4.78, 5) is 47.0. The van der Waals surface area contributed by atoms with Crippen LogP contribution in [-0.2, 0) is 14.3 Å². The number of aromatic nitrogens is 3. The van der Waals surface area contributed by atoms with Gasteiger partial charge in [0.05, 0.1) is 35.6 Å². The van der Waals surface area contributed by atoms with Gasteiger partial charge in [0, 0.05) is 42.9 Å². The van der Waals surface area contributed by atoms with Gasteiger partial charge in [-0.2, -0.15) is 10.4 Å². The zero-order chi connectivity index (χ0) is 31.0. The Bertz CT molecular complexity index is 1650. The SMILES string of the molecule is CC(=O)Nc1ccc(Cl)cc1C(=O)N1CCCC[C@H]1c1cc2nc(N3C[C@@H](C#N)[C@@H](OC(=O)C4CCCN4)C3)c(C)cn2n1. The molecule has 2 amide bonds. The van der Waals surface area contributed by atoms with Crippen molar-refractivity contribution in [1.82, 2.24) is 24.8 Å². The molecule has 44 heavy (non-hydrogen) atoms. The number of likely N-dealkylation sites (tertiary alicyclic amines) is 1. The van der Waals surface area contributed by atoms with Crippen LogP contribution in [0, 0.1) is 24.2 Å². The summed E-state index contributed by atoms with van der Waals surface area (Å²) < 4.78 is 7.51. The number of aryl methyl sites for hydroxylation is 1. The number of carbonyl (C=O) groups excluding carboxylic acids is 3. The average Bonchev–Trinajstić information content (AvgIpc) is 3.77. The van der Waals surface area contributed by atoms with Gasteiger partial charge in [0.1, 0.15) is 23.9 Å². The number of anilines is 2. The number of rotatable bonds is 6. The van der Waals surface area contributed by atoms with Gasteiger partial charge in [-0.15, -0.1) is 0 Å². The Labute approximate surface area is 260 Å². The van der Waals surface area contributed by atoms with Crippen LogP contribution in [0.4, 0.5) is 11.5 Å². The summed E-state index contributed by atoms with van der Waals surface area (Å²) in [5, 5.41) is 20.9. The molecule has 4 atom stereocenters. The third-order valence-electron chi connectivity index (χ3n) is 8.60. The van der Waals surface area contributed by atoms with Crippen molar-refractivity contribution in [1.29, 1.82) is 5.26 Å². The highest BCUT2D eigenvalue weighted by atomic mass is 35.5. The van der Waals surface area contributed by atoms with Gasteiger partial charge >= 0.3 is 5.97 Å². The second-order valence-electron chi connectivity index (χ2n) is 11.8. The largest absolute Gasteiger partial charge is 0.458 e. The number of halogens is 1. The minimum absolute atomic E-state index is 0.226. The van der Waals surface area contributed by atoms with Gasteiger partial charge in [-0.1, -0.05) is 11.6 Å². The summed E-state index contributed by atoms with van der Waals surface area (Å²) in [7, 11) is 0. The molecule has 0 aliphatic carbocycles. The number of benzene rings is 1. The first kappa shape index (κ1) is 29.8. The lowest BCUT2D eigenvalue weighted by atomic mass is 9.98. The van der Waals surface area contributed by atoms with Crippen molar-refractivity contribution in [2.45, 2.75) is 64.1 Å². The van der Waals surface area contributed by atoms with E-state index in [1.807, 2.05) is 24.1 Å². The first-order valence-electron chi connectivity index (χ1n) is 15.1. The van der Waals surface area contributed by atoms with Crippen LogP contribution in [0.15, 0.2) is 30.5 Å². The second-order valence-corrected chi connectivity index (χ2v) is 12.2. The van der Waals surface area contributed by atoms with Gasteiger partial charge in [-0.05, 0) is 63.8 Å². The summed E-state index contributed by atoms with van der Waals surface area (Å²) in [6, 6.07) is 8.47. The summed E-state index contributed by atoms with van der Waals surface area (Å²) in [5.41, 5.74) is 2.95. The fraction of sp³-hybridized carbons (Fsp3) is 0.484. The number of piperidine rings is 1. The smallest absolute Gasteiger partial charge is 0.323 e. The summed E-state index contributed by atoms with van der Waals surface area (Å²) >= 11 is 6.25. The molecule has 0 radical (unpaired) electrons. The van der Waals surface area contributed by atoms with Crippen LogP contribution in [0.5, 0.6) is 0 Å². The number of nitrogens with zero attached hydrogens (tertiary/aromatic N) is 6. The number of hydrogen-bond donors (Lipinski definition) is 2. The fourth-order valence-corrected chi connectivity index (χ4v) is 6.61. The number of nitrogens with one attached hydrogen (secondary N) is 2. The first-order chi connectivity index (χ1) is 21.2. The van der Waals surface area contributed by atoms with E-state index >= 15 is 0 Å². The molecule has 3 aliphatic rings. The fourth-order valence-electron chi connectivity index (χ4n) is 6.44. The molecule has 0 saturated carbocycles. The Morgan fingerprint density at radius 3 is 2.75 bits per heavy atom. The van der Waals surface area contributed by atoms with Gasteiger partial charge in [0.15, 0.2) is 5.65 Å². The van der Waals surface area contributed by atoms with E-state index in [2.05, 4.69) is 16.7 Å². The van der Waals surface area contributed by atoms with Crippen LogP contribution >= 0.6 is 11.6 Å². The van der Waals surface area contributed by atoms with Crippen molar-refractivity contribution in [3.8, 4) is 6.07 Å². The number of nitriles is 1. The summed E-state index contributed by atoms with van der Waals surface area (Å²) in [6.45, 7) is 5.45. The minimum atomic E-state index is -0.538. The predicted octanol–water partition coefficient (Wildman–Crippen LogP) is 3.64. The Kier molecular flexibility index (Phi) is 8.42. The van der Waals surface area contributed by atoms with Crippen molar-refractivity contribution < 1.29 is 19.1 Å². The highest BCUT2D eigenvalue weighted by Crippen LogP contribution is 2.35. The average molecular weight is 619 g/mol. The number of hydrogen-bond acceptors (Lipinski definition) is 9. The quantitative estimate of drug-likeness (QED) is 0.396. The topological polar surface area (TPSA) is 145 Å². The maximum atomic E-state index is 13.9. The summed E-state index contributed by atoms with van der Waals surface area (Å²) in [5.74, 6) is -0.561. The van der Waals surface area contributed by atoms with Gasteiger partial charge < -0.3 is 25.2 Å². The normalized spacial score (nSPS) is 23.5. The van der Waals surface area contributed by atoms with E-state index in [9.17, 15) is 19.6 Å². The van der Waals surface area contributed by atoms with Gasteiger partial charge in [-0.3, -0.25) is 14.4 Å². The van der Waals surface area contributed by atoms with E-state index in [-0.39, 0.29) is 29.9 Å². The zero-order valence-corrected chi connectivity index (χ0v) is 25.5. The second kappa shape index (κ2) is 12.4. The molecule has 0 spiro atoms. The monoisotopic (exact) mass is 618 g/mol. The molecular weight excluding hydrogens is 584 g/mol. The van der Waals surface area contributed by atoms with Crippen LogP contribution in [-0.4, -0.2) is 75.6 Å². The molecule has 1 aromatic carbocycles. The first-order valence-corrected chi connectivity index (χ1v) is 15.4. The van der Waals surface area contributed by atoms with E-state index in [1.54, 1.807) is 27.6 Å². The standard InChI is InChI=1S/C31H35ClN8O4/c1-18-15-40-28(36-29(18)38-16-20(14-33)27(17-38)44-31(43)24-6-5-10-34-24)13-25(37-40)26-7-3-4-11-39(26)30(42)22-12-21(32)8-9-23(22)35-19(2)41/h8-9,12-13,15,20,24,26-27,34H,3-7,10-11,16-17H2,1-2H3,(H,35,41)/t20-,24?,26+,27+/m1/s1. The molecule has 1 unspecified atom stereocenters. The lowest BCUT2D eigenvalue weighted by Crippen LogP contribution is -2.39. The number of fused-ring (bicyclic) bond motifs is 1.